The number of methoxy groups -OCH3 is 2. The quantitative estimate of drug-likeness (QED) is 0.669. The Bertz CT molecular complexity index is 877. The lowest BCUT2D eigenvalue weighted by molar-refractivity contribution is 0.354. The van der Waals surface area contributed by atoms with E-state index >= 15 is 0 Å². The van der Waals surface area contributed by atoms with Gasteiger partial charge in [-0.2, -0.15) is 0 Å². The first-order valence-electron chi connectivity index (χ1n) is 8.55. The van der Waals surface area contributed by atoms with Crippen molar-refractivity contribution in [1.29, 1.82) is 0 Å². The van der Waals surface area contributed by atoms with E-state index in [0.29, 0.717) is 29.7 Å². The summed E-state index contributed by atoms with van der Waals surface area (Å²) in [5, 5.41) is 8.35. The molecule has 0 N–H and O–H groups in total. The van der Waals surface area contributed by atoms with E-state index in [2.05, 4.69) is 43.1 Å². The highest BCUT2D eigenvalue weighted by Gasteiger charge is 2.15. The molecule has 0 aliphatic heterocycles. The Morgan fingerprint density at radius 2 is 1.58 bits per heavy atom. The maximum atomic E-state index is 5.83. The summed E-state index contributed by atoms with van der Waals surface area (Å²) in [6.07, 6.45) is 0.535. The zero-order valence-corrected chi connectivity index (χ0v) is 15.9. The van der Waals surface area contributed by atoms with Gasteiger partial charge in [-0.15, -0.1) is 10.2 Å². The molecule has 0 aliphatic rings. The Balaban J connectivity index is 1.78. The van der Waals surface area contributed by atoms with Gasteiger partial charge in [-0.25, -0.2) is 0 Å². The van der Waals surface area contributed by atoms with Crippen molar-refractivity contribution in [2.24, 2.45) is 0 Å². The average molecular weight is 352 g/mol. The van der Waals surface area contributed by atoms with E-state index in [0.717, 1.165) is 11.1 Å². The van der Waals surface area contributed by atoms with Crippen molar-refractivity contribution in [2.75, 3.05) is 14.2 Å². The van der Waals surface area contributed by atoms with Crippen LogP contribution < -0.4 is 9.47 Å². The molecular weight excluding hydrogens is 328 g/mol. The fraction of sp³-hybridized carbons (Fsp3) is 0.333. The Morgan fingerprint density at radius 1 is 0.885 bits per heavy atom. The van der Waals surface area contributed by atoms with Crippen LogP contribution in [0.15, 0.2) is 46.9 Å². The molecule has 26 heavy (non-hydrogen) atoms. The van der Waals surface area contributed by atoms with Crippen molar-refractivity contribution in [1.82, 2.24) is 10.2 Å². The number of ether oxygens (including phenoxy) is 2. The molecule has 2 aromatic carbocycles. The van der Waals surface area contributed by atoms with Crippen molar-refractivity contribution in [3.05, 3.63) is 59.5 Å². The third-order valence-electron chi connectivity index (χ3n) is 4.27. The third-order valence-corrected chi connectivity index (χ3v) is 4.27. The van der Waals surface area contributed by atoms with Gasteiger partial charge in [0.05, 0.1) is 20.6 Å². The zero-order valence-electron chi connectivity index (χ0n) is 15.9. The molecule has 0 saturated carbocycles. The lowest BCUT2D eigenvalue weighted by Crippen LogP contribution is -2.10. The molecule has 5 nitrogen and oxygen atoms in total. The standard InChI is InChI=1S/C21H24N2O3/c1-21(2,3)16-9-7-15(8-10-16)20-23-22-19(26-20)13-14-6-11-17(24-4)18(12-14)25-5/h6-12H,13H2,1-5H3. The summed E-state index contributed by atoms with van der Waals surface area (Å²) in [5.74, 6) is 2.47. The van der Waals surface area contributed by atoms with Crippen LogP contribution in [0.5, 0.6) is 11.5 Å². The molecule has 0 amide bonds. The Hall–Kier alpha value is -2.82. The molecule has 136 valence electrons. The largest absolute Gasteiger partial charge is 0.493 e. The van der Waals surface area contributed by atoms with Gasteiger partial charge in [-0.1, -0.05) is 39.0 Å². The van der Waals surface area contributed by atoms with Crippen LogP contribution in [-0.2, 0) is 11.8 Å². The summed E-state index contributed by atoms with van der Waals surface area (Å²) in [4.78, 5) is 0. The maximum Gasteiger partial charge on any atom is 0.247 e. The molecule has 1 heterocycles. The van der Waals surface area contributed by atoms with Gasteiger partial charge in [0.15, 0.2) is 11.5 Å². The Morgan fingerprint density at radius 3 is 2.19 bits per heavy atom. The van der Waals surface area contributed by atoms with Crippen LogP contribution in [0.3, 0.4) is 0 Å². The lowest BCUT2D eigenvalue weighted by atomic mass is 9.87. The highest BCUT2D eigenvalue weighted by Crippen LogP contribution is 2.29. The number of rotatable bonds is 5. The molecule has 3 aromatic rings. The second kappa shape index (κ2) is 7.20. The van der Waals surface area contributed by atoms with Gasteiger partial charge in [-0.05, 0) is 40.8 Å². The Kier molecular flexibility index (Phi) is 4.98. The summed E-state index contributed by atoms with van der Waals surface area (Å²) < 4.78 is 16.4. The molecule has 0 unspecified atom stereocenters. The summed E-state index contributed by atoms with van der Waals surface area (Å²) in [6.45, 7) is 6.57. The smallest absolute Gasteiger partial charge is 0.247 e. The van der Waals surface area contributed by atoms with Crippen LogP contribution in [0, 0.1) is 0 Å². The van der Waals surface area contributed by atoms with Crippen molar-refractivity contribution in [3.8, 4) is 23.0 Å². The van der Waals surface area contributed by atoms with Crippen LogP contribution in [-0.4, -0.2) is 24.4 Å². The van der Waals surface area contributed by atoms with E-state index < -0.39 is 0 Å². The summed E-state index contributed by atoms with van der Waals surface area (Å²) in [6, 6.07) is 14.0. The number of benzene rings is 2. The number of hydrogen-bond acceptors (Lipinski definition) is 5. The highest BCUT2D eigenvalue weighted by atomic mass is 16.5. The van der Waals surface area contributed by atoms with E-state index in [1.54, 1.807) is 14.2 Å². The maximum absolute atomic E-state index is 5.83. The fourth-order valence-corrected chi connectivity index (χ4v) is 2.72. The highest BCUT2D eigenvalue weighted by molar-refractivity contribution is 5.53. The van der Waals surface area contributed by atoms with Crippen molar-refractivity contribution < 1.29 is 13.9 Å². The summed E-state index contributed by atoms with van der Waals surface area (Å²) in [7, 11) is 3.24. The van der Waals surface area contributed by atoms with Crippen LogP contribution in [0.25, 0.3) is 11.5 Å². The van der Waals surface area contributed by atoms with Gasteiger partial charge in [-0.3, -0.25) is 0 Å². The van der Waals surface area contributed by atoms with E-state index in [9.17, 15) is 0 Å². The van der Waals surface area contributed by atoms with Gasteiger partial charge in [0, 0.05) is 5.56 Å². The van der Waals surface area contributed by atoms with Gasteiger partial charge in [0.1, 0.15) is 0 Å². The van der Waals surface area contributed by atoms with Crippen LogP contribution in [0.4, 0.5) is 0 Å². The van der Waals surface area contributed by atoms with Crippen molar-refractivity contribution in [3.63, 3.8) is 0 Å². The van der Waals surface area contributed by atoms with Crippen molar-refractivity contribution in [2.45, 2.75) is 32.6 Å². The average Bonchev–Trinajstić information content (AvgIpc) is 3.09. The number of nitrogens with zero attached hydrogens (tertiary/aromatic N) is 2. The molecule has 0 spiro atoms. The third kappa shape index (κ3) is 3.87. The summed E-state index contributed by atoms with van der Waals surface area (Å²) >= 11 is 0. The molecule has 0 aliphatic carbocycles. The molecule has 0 fully saturated rings. The monoisotopic (exact) mass is 352 g/mol. The van der Waals surface area contributed by atoms with E-state index in [4.69, 9.17) is 13.9 Å². The first kappa shape index (κ1) is 18.0. The zero-order chi connectivity index (χ0) is 18.7. The van der Waals surface area contributed by atoms with Crippen LogP contribution >= 0.6 is 0 Å². The Labute approximate surface area is 154 Å². The molecule has 0 radical (unpaired) electrons. The summed E-state index contributed by atoms with van der Waals surface area (Å²) in [5.41, 5.74) is 3.32. The minimum Gasteiger partial charge on any atom is -0.493 e. The molecule has 5 heteroatoms. The van der Waals surface area contributed by atoms with Gasteiger partial charge >= 0.3 is 0 Å². The normalized spacial score (nSPS) is 11.4. The minimum atomic E-state index is 0.117. The first-order chi connectivity index (χ1) is 12.4. The molecule has 1 aromatic heterocycles. The van der Waals surface area contributed by atoms with E-state index in [-0.39, 0.29) is 5.41 Å². The number of aromatic nitrogens is 2. The SMILES string of the molecule is COc1ccc(Cc2nnc(-c3ccc(C(C)(C)C)cc3)o2)cc1OC. The molecule has 3 rings (SSSR count). The van der Waals surface area contributed by atoms with Gasteiger partial charge < -0.3 is 13.9 Å². The van der Waals surface area contributed by atoms with Crippen LogP contribution in [0.2, 0.25) is 0 Å². The lowest BCUT2D eigenvalue weighted by Gasteiger charge is -2.18. The van der Waals surface area contributed by atoms with E-state index in [1.807, 2.05) is 30.3 Å². The second-order valence-electron chi connectivity index (χ2n) is 7.19. The molecule has 0 atom stereocenters. The molecule has 0 saturated heterocycles. The molecule has 0 bridgehead atoms. The first-order valence-corrected chi connectivity index (χ1v) is 8.55. The second-order valence-corrected chi connectivity index (χ2v) is 7.19. The molecular formula is C21H24N2O3. The minimum absolute atomic E-state index is 0.117. The predicted molar refractivity (Wildman–Crippen MR) is 101 cm³/mol. The van der Waals surface area contributed by atoms with Gasteiger partial charge in [0.25, 0.3) is 0 Å². The predicted octanol–water partition coefficient (Wildman–Crippen LogP) is 4.64. The van der Waals surface area contributed by atoms with Gasteiger partial charge in [0.2, 0.25) is 11.8 Å². The van der Waals surface area contributed by atoms with Crippen LogP contribution in [0.1, 0.15) is 37.8 Å². The topological polar surface area (TPSA) is 57.4 Å². The number of hydrogen-bond donors (Lipinski definition) is 0. The fourth-order valence-electron chi connectivity index (χ4n) is 2.72. The van der Waals surface area contributed by atoms with E-state index in [1.165, 1.54) is 5.56 Å². The van der Waals surface area contributed by atoms with Crippen molar-refractivity contribution >= 4 is 0 Å².